The number of hydrogen-bond donors (Lipinski definition) is 2. The second-order valence-electron chi connectivity index (χ2n) is 5.50. The van der Waals surface area contributed by atoms with Crippen LogP contribution in [0.4, 0.5) is 0 Å². The molecule has 0 fully saturated rings. The topological polar surface area (TPSA) is 111 Å². The number of rotatable bonds is 7. The van der Waals surface area contributed by atoms with Crippen molar-refractivity contribution in [2.24, 2.45) is 0 Å². The molecule has 0 amide bonds. The number of nitrogens with zero attached hydrogens (tertiary/aromatic N) is 1. The van der Waals surface area contributed by atoms with Crippen molar-refractivity contribution < 1.29 is 27.6 Å². The highest BCUT2D eigenvalue weighted by Crippen LogP contribution is 2.37. The number of aromatic hydroxyl groups is 1. The normalized spacial score (nSPS) is 13.0. The van der Waals surface area contributed by atoms with Crippen LogP contribution in [0.2, 0.25) is 0 Å². The van der Waals surface area contributed by atoms with Crippen LogP contribution in [0.1, 0.15) is 25.1 Å². The van der Waals surface area contributed by atoms with E-state index in [1.807, 2.05) is 6.92 Å². The summed E-state index contributed by atoms with van der Waals surface area (Å²) < 4.78 is 35.1. The van der Waals surface area contributed by atoms with Crippen LogP contribution >= 0.6 is 0 Å². The van der Waals surface area contributed by atoms with Gasteiger partial charge in [0.05, 0.1) is 17.4 Å². The first-order chi connectivity index (χ1) is 12.5. The van der Waals surface area contributed by atoms with E-state index in [-0.39, 0.29) is 10.6 Å². The lowest BCUT2D eigenvalue weighted by Crippen LogP contribution is -2.26. The van der Waals surface area contributed by atoms with E-state index in [9.17, 15) is 13.5 Å². The molecule has 0 aliphatic carbocycles. The number of ether oxygens (including phenoxy) is 1. The Hall–Kier alpha value is -2.62. The standard InChI is InChI=1S/C17H18N2O6S/c1-3-13(25-19-26(21,22)12-7-5-4-6-8-12)17-16-14(23-2)9-11(20)10-15(16)24-18-17/h4-10,13,19-20H,3H2,1-2H3. The highest BCUT2D eigenvalue weighted by Gasteiger charge is 2.25. The van der Waals surface area contributed by atoms with Crippen molar-refractivity contribution in [2.45, 2.75) is 24.3 Å². The number of aromatic nitrogens is 1. The van der Waals surface area contributed by atoms with Gasteiger partial charge in [-0.3, -0.25) is 4.84 Å². The number of phenolic OH excluding ortho intramolecular Hbond substituents is 1. The summed E-state index contributed by atoms with van der Waals surface area (Å²) in [7, 11) is -2.38. The van der Waals surface area contributed by atoms with Gasteiger partial charge in [0.15, 0.2) is 5.58 Å². The van der Waals surface area contributed by atoms with Crippen molar-refractivity contribution in [3.63, 3.8) is 0 Å². The summed E-state index contributed by atoms with van der Waals surface area (Å²) >= 11 is 0. The fraction of sp³-hybridized carbons (Fsp3) is 0.235. The molecule has 3 rings (SSSR count). The Morgan fingerprint density at radius 2 is 2.00 bits per heavy atom. The Kier molecular flexibility index (Phi) is 5.12. The Labute approximate surface area is 150 Å². The Balaban J connectivity index is 1.89. The van der Waals surface area contributed by atoms with Crippen LogP contribution in [-0.2, 0) is 14.9 Å². The Bertz CT molecular complexity index is 1000. The zero-order valence-electron chi connectivity index (χ0n) is 14.2. The maximum absolute atomic E-state index is 12.3. The second kappa shape index (κ2) is 7.32. The molecular weight excluding hydrogens is 360 g/mol. The van der Waals surface area contributed by atoms with E-state index >= 15 is 0 Å². The fourth-order valence-corrected chi connectivity index (χ4v) is 3.38. The summed E-state index contributed by atoms with van der Waals surface area (Å²) in [5.74, 6) is 0.319. The van der Waals surface area contributed by atoms with Crippen molar-refractivity contribution in [3.05, 3.63) is 48.2 Å². The molecule has 26 heavy (non-hydrogen) atoms. The maximum Gasteiger partial charge on any atom is 0.262 e. The van der Waals surface area contributed by atoms with Gasteiger partial charge in [0.2, 0.25) is 0 Å². The lowest BCUT2D eigenvalue weighted by Gasteiger charge is -2.15. The fourth-order valence-electron chi connectivity index (χ4n) is 2.53. The Morgan fingerprint density at radius 3 is 2.65 bits per heavy atom. The minimum atomic E-state index is -3.83. The number of benzene rings is 2. The maximum atomic E-state index is 12.3. The van der Waals surface area contributed by atoms with Gasteiger partial charge >= 0.3 is 0 Å². The lowest BCUT2D eigenvalue weighted by atomic mass is 10.1. The molecule has 0 radical (unpaired) electrons. The highest BCUT2D eigenvalue weighted by molar-refractivity contribution is 7.89. The molecule has 2 N–H and O–H groups in total. The largest absolute Gasteiger partial charge is 0.508 e. The monoisotopic (exact) mass is 378 g/mol. The molecule has 3 aromatic rings. The number of sulfonamides is 1. The van der Waals surface area contributed by atoms with E-state index < -0.39 is 16.1 Å². The average Bonchev–Trinajstić information content (AvgIpc) is 3.06. The highest BCUT2D eigenvalue weighted by atomic mass is 32.2. The van der Waals surface area contributed by atoms with E-state index in [0.717, 1.165) is 0 Å². The number of nitrogens with one attached hydrogen (secondary N) is 1. The lowest BCUT2D eigenvalue weighted by molar-refractivity contribution is 0.0104. The molecule has 1 unspecified atom stereocenters. The zero-order valence-corrected chi connectivity index (χ0v) is 15.0. The van der Waals surface area contributed by atoms with E-state index in [4.69, 9.17) is 14.1 Å². The molecule has 0 saturated heterocycles. The summed E-state index contributed by atoms with van der Waals surface area (Å²) in [5, 5.41) is 14.2. The number of hydrogen-bond acceptors (Lipinski definition) is 7. The number of fused-ring (bicyclic) bond motifs is 1. The predicted octanol–water partition coefficient (Wildman–Crippen LogP) is 2.90. The van der Waals surface area contributed by atoms with Gasteiger partial charge in [-0.25, -0.2) is 8.42 Å². The first-order valence-corrected chi connectivity index (χ1v) is 9.33. The van der Waals surface area contributed by atoms with Crippen LogP contribution in [0.5, 0.6) is 11.5 Å². The average molecular weight is 378 g/mol. The van der Waals surface area contributed by atoms with Gasteiger partial charge < -0.3 is 14.4 Å². The molecular formula is C17H18N2O6S. The minimum absolute atomic E-state index is 0.0317. The van der Waals surface area contributed by atoms with E-state index in [1.165, 1.54) is 31.4 Å². The molecule has 2 aromatic carbocycles. The third kappa shape index (κ3) is 3.50. The molecule has 0 aliphatic rings. The van der Waals surface area contributed by atoms with Crippen LogP contribution in [0, 0.1) is 0 Å². The van der Waals surface area contributed by atoms with Gasteiger partial charge in [-0.2, -0.15) is 0 Å². The quantitative estimate of drug-likeness (QED) is 0.608. The SMILES string of the molecule is CCC(ONS(=O)(=O)c1ccccc1)c1noc2cc(O)cc(OC)c12. The summed E-state index contributed by atoms with van der Waals surface area (Å²) in [5.41, 5.74) is 0.680. The van der Waals surface area contributed by atoms with Crippen LogP contribution in [0.3, 0.4) is 0 Å². The van der Waals surface area contributed by atoms with Crippen molar-refractivity contribution in [1.29, 1.82) is 0 Å². The number of phenols is 1. The van der Waals surface area contributed by atoms with Crippen LogP contribution in [0.25, 0.3) is 11.0 Å². The van der Waals surface area contributed by atoms with Crippen molar-refractivity contribution in [1.82, 2.24) is 10.0 Å². The zero-order chi connectivity index (χ0) is 18.7. The summed E-state index contributed by atoms with van der Waals surface area (Å²) in [6.07, 6.45) is -0.295. The molecule has 0 aliphatic heterocycles. The van der Waals surface area contributed by atoms with E-state index in [1.54, 1.807) is 18.2 Å². The molecule has 8 nitrogen and oxygen atoms in total. The first-order valence-electron chi connectivity index (χ1n) is 7.85. The minimum Gasteiger partial charge on any atom is -0.508 e. The second-order valence-corrected chi connectivity index (χ2v) is 7.15. The number of methoxy groups -OCH3 is 1. The van der Waals surface area contributed by atoms with Crippen molar-refractivity contribution in [2.75, 3.05) is 7.11 Å². The third-order valence-corrected chi connectivity index (χ3v) is 5.01. The van der Waals surface area contributed by atoms with Gasteiger partial charge in [0.1, 0.15) is 23.3 Å². The molecule has 0 saturated carbocycles. The molecule has 9 heteroatoms. The summed E-state index contributed by atoms with van der Waals surface area (Å²) in [6.45, 7) is 1.81. The van der Waals surface area contributed by atoms with Gasteiger partial charge in [-0.05, 0) is 18.6 Å². The molecule has 1 aromatic heterocycles. The molecule has 138 valence electrons. The van der Waals surface area contributed by atoms with E-state index in [0.29, 0.717) is 28.8 Å². The van der Waals surface area contributed by atoms with Gasteiger partial charge in [0, 0.05) is 12.1 Å². The molecule has 1 heterocycles. The predicted molar refractivity (Wildman–Crippen MR) is 93.1 cm³/mol. The Morgan fingerprint density at radius 1 is 1.27 bits per heavy atom. The van der Waals surface area contributed by atoms with Crippen LogP contribution in [-0.4, -0.2) is 25.8 Å². The first kappa shape index (κ1) is 18.2. The summed E-state index contributed by atoms with van der Waals surface area (Å²) in [4.78, 5) is 7.63. The van der Waals surface area contributed by atoms with Gasteiger partial charge in [-0.1, -0.05) is 35.2 Å². The van der Waals surface area contributed by atoms with Gasteiger partial charge in [-0.15, -0.1) is 0 Å². The van der Waals surface area contributed by atoms with E-state index in [2.05, 4.69) is 10.0 Å². The van der Waals surface area contributed by atoms with Crippen LogP contribution in [0.15, 0.2) is 51.9 Å². The van der Waals surface area contributed by atoms with Crippen molar-refractivity contribution >= 4 is 21.0 Å². The molecule has 1 atom stereocenters. The molecule has 0 bridgehead atoms. The van der Waals surface area contributed by atoms with Gasteiger partial charge in [0.25, 0.3) is 10.0 Å². The third-order valence-electron chi connectivity index (χ3n) is 3.80. The smallest absolute Gasteiger partial charge is 0.262 e. The summed E-state index contributed by atoms with van der Waals surface area (Å²) in [6, 6.07) is 10.7. The molecule has 0 spiro atoms. The van der Waals surface area contributed by atoms with Crippen molar-refractivity contribution in [3.8, 4) is 11.5 Å². The van der Waals surface area contributed by atoms with Crippen LogP contribution < -0.4 is 9.62 Å².